The van der Waals surface area contributed by atoms with E-state index in [1.807, 2.05) is 30.0 Å². The molecule has 0 bridgehead atoms. The maximum absolute atomic E-state index is 12.3. The van der Waals surface area contributed by atoms with Gasteiger partial charge in [0.1, 0.15) is 11.0 Å². The van der Waals surface area contributed by atoms with Gasteiger partial charge in [0.25, 0.3) is 10.0 Å². The predicted octanol–water partition coefficient (Wildman–Crippen LogP) is 2.76. The number of benzene rings is 2. The third kappa shape index (κ3) is 4.43. The van der Waals surface area contributed by atoms with E-state index in [1.165, 1.54) is 0 Å². The molecule has 4 rings (SSSR count). The van der Waals surface area contributed by atoms with Crippen molar-refractivity contribution >= 4 is 37.8 Å². The Morgan fingerprint density at radius 2 is 1.77 bits per heavy atom. The quantitative estimate of drug-likeness (QED) is 0.611. The van der Waals surface area contributed by atoms with E-state index >= 15 is 0 Å². The second-order valence-corrected chi connectivity index (χ2v) is 9.88. The molecule has 1 unspecified atom stereocenters. The zero-order valence-corrected chi connectivity index (χ0v) is 18.9. The van der Waals surface area contributed by atoms with Crippen molar-refractivity contribution in [1.82, 2.24) is 9.80 Å². The third-order valence-electron chi connectivity index (χ3n) is 5.19. The Bertz CT molecular complexity index is 1080. The summed E-state index contributed by atoms with van der Waals surface area (Å²) in [6.07, 6.45) is -0.252. The maximum Gasteiger partial charge on any atom is 0.338 e. The van der Waals surface area contributed by atoms with E-state index in [0.29, 0.717) is 36.6 Å². The highest BCUT2D eigenvalue weighted by atomic mass is 79.9. The first-order valence-corrected chi connectivity index (χ1v) is 11.9. The minimum Gasteiger partial charge on any atom is -0.458 e. The lowest BCUT2D eigenvalue weighted by Crippen LogP contribution is -2.50. The minimum absolute atomic E-state index is 0.252. The summed E-state index contributed by atoms with van der Waals surface area (Å²) < 4.78 is 35.0. The van der Waals surface area contributed by atoms with Gasteiger partial charge in [-0.2, -0.15) is 8.42 Å². The second kappa shape index (κ2) is 8.49. The average molecular weight is 492 g/mol. The molecule has 0 aromatic heterocycles. The Morgan fingerprint density at radius 1 is 1.10 bits per heavy atom. The largest absolute Gasteiger partial charge is 0.458 e. The molecule has 0 spiro atoms. The first kappa shape index (κ1) is 21.0. The van der Waals surface area contributed by atoms with Gasteiger partial charge in [-0.15, -0.1) is 4.40 Å². The number of rotatable bonds is 4. The van der Waals surface area contributed by atoms with E-state index in [9.17, 15) is 13.2 Å². The highest BCUT2D eigenvalue weighted by Crippen LogP contribution is 2.27. The normalized spacial score (nSPS) is 19.1. The van der Waals surface area contributed by atoms with Gasteiger partial charge < -0.3 is 9.64 Å². The monoisotopic (exact) mass is 491 g/mol. The van der Waals surface area contributed by atoms with Crippen LogP contribution in [-0.2, 0) is 14.8 Å². The summed E-state index contributed by atoms with van der Waals surface area (Å²) in [4.78, 5) is 16.8. The molecule has 30 heavy (non-hydrogen) atoms. The molecule has 0 amide bonds. The lowest BCUT2D eigenvalue weighted by molar-refractivity contribution is 0.0221. The molecule has 1 saturated heterocycles. The van der Waals surface area contributed by atoms with Crippen molar-refractivity contribution in [3.63, 3.8) is 0 Å². The number of carbonyl (C=O) groups excluding carboxylic acids is 1. The topological polar surface area (TPSA) is 79.3 Å². The zero-order valence-electron chi connectivity index (χ0n) is 16.5. The Labute approximate surface area is 184 Å². The van der Waals surface area contributed by atoms with Gasteiger partial charge in [0, 0.05) is 42.8 Å². The van der Waals surface area contributed by atoms with Crippen molar-refractivity contribution in [3.8, 4) is 0 Å². The molecule has 0 saturated carbocycles. The van der Waals surface area contributed by atoms with Gasteiger partial charge >= 0.3 is 5.97 Å². The fourth-order valence-electron chi connectivity index (χ4n) is 3.70. The number of hydrogen-bond acceptors (Lipinski definition) is 6. The lowest BCUT2D eigenvalue weighted by Gasteiger charge is -2.36. The molecule has 1 fully saturated rings. The average Bonchev–Trinajstić information content (AvgIpc) is 3.00. The number of piperazine rings is 1. The molecule has 2 aliphatic heterocycles. The van der Waals surface area contributed by atoms with Crippen LogP contribution in [0.1, 0.15) is 22.8 Å². The summed E-state index contributed by atoms with van der Waals surface area (Å²) in [6, 6.07) is 14.0. The summed E-state index contributed by atoms with van der Waals surface area (Å²) in [5, 5.41) is 0. The zero-order chi connectivity index (χ0) is 21.3. The highest BCUT2D eigenvalue weighted by molar-refractivity contribution is 9.10. The summed E-state index contributed by atoms with van der Waals surface area (Å²) in [7, 11) is -3.61. The number of ether oxygens (including phenoxy) is 1. The number of amidine groups is 1. The van der Waals surface area contributed by atoms with Crippen LogP contribution in [0.25, 0.3) is 0 Å². The number of esters is 1. The van der Waals surface area contributed by atoms with Crippen molar-refractivity contribution in [2.24, 2.45) is 4.40 Å². The molecule has 0 N–H and O–H groups in total. The van der Waals surface area contributed by atoms with Crippen molar-refractivity contribution in [2.75, 3.05) is 32.7 Å². The van der Waals surface area contributed by atoms with Crippen LogP contribution in [0.4, 0.5) is 0 Å². The van der Waals surface area contributed by atoms with Crippen molar-refractivity contribution in [2.45, 2.75) is 17.9 Å². The molecule has 2 aliphatic rings. The number of carbonyl (C=O) groups is 1. The number of halogens is 1. The summed E-state index contributed by atoms with van der Waals surface area (Å²) in [5.74, 6) is 0.190. The Hall–Kier alpha value is -2.23. The predicted molar refractivity (Wildman–Crippen MR) is 117 cm³/mol. The van der Waals surface area contributed by atoms with Crippen molar-refractivity contribution in [3.05, 3.63) is 64.1 Å². The third-order valence-corrected chi connectivity index (χ3v) is 7.04. The van der Waals surface area contributed by atoms with E-state index in [-0.39, 0.29) is 17.0 Å². The van der Waals surface area contributed by atoms with Crippen molar-refractivity contribution in [1.29, 1.82) is 0 Å². The van der Waals surface area contributed by atoms with Crippen LogP contribution < -0.4 is 0 Å². The van der Waals surface area contributed by atoms with Crippen LogP contribution >= 0.6 is 15.9 Å². The second-order valence-electron chi connectivity index (χ2n) is 7.40. The minimum atomic E-state index is -3.61. The molecule has 7 nitrogen and oxygen atoms in total. The number of fused-ring (bicyclic) bond motifs is 1. The Balaban J connectivity index is 1.32. The fraction of sp³-hybridized carbons (Fsp3) is 0.333. The van der Waals surface area contributed by atoms with Crippen LogP contribution in [0.5, 0.6) is 0 Å². The summed E-state index contributed by atoms with van der Waals surface area (Å²) >= 11 is 3.35. The van der Waals surface area contributed by atoms with Crippen molar-refractivity contribution < 1.29 is 17.9 Å². The van der Waals surface area contributed by atoms with E-state index in [4.69, 9.17) is 4.74 Å². The van der Waals surface area contributed by atoms with Gasteiger partial charge in [-0.1, -0.05) is 28.1 Å². The molecular weight excluding hydrogens is 470 g/mol. The standard InChI is InChI=1S/C21H22BrN3O4S/c1-15(29-21(26)16-6-8-17(22)9-7-16)14-24-10-12-25(13-11-24)20-18-4-2-3-5-19(18)30(27,28)23-20/h2-9,15H,10-14H2,1H3. The molecule has 2 heterocycles. The molecule has 9 heteroatoms. The fourth-order valence-corrected chi connectivity index (χ4v) is 5.19. The molecule has 0 radical (unpaired) electrons. The number of sulfonamides is 1. The van der Waals surface area contributed by atoms with E-state index in [2.05, 4.69) is 25.2 Å². The molecule has 2 aromatic carbocycles. The van der Waals surface area contributed by atoms with E-state index in [0.717, 1.165) is 17.6 Å². The van der Waals surface area contributed by atoms with Crippen LogP contribution in [0.15, 0.2) is 62.3 Å². The van der Waals surface area contributed by atoms with Gasteiger partial charge in [-0.3, -0.25) is 4.90 Å². The molecule has 2 aromatic rings. The molecule has 158 valence electrons. The highest BCUT2D eigenvalue weighted by Gasteiger charge is 2.33. The first-order valence-electron chi connectivity index (χ1n) is 9.72. The Morgan fingerprint density at radius 3 is 2.47 bits per heavy atom. The summed E-state index contributed by atoms with van der Waals surface area (Å²) in [5.41, 5.74) is 1.19. The van der Waals surface area contributed by atoms with Gasteiger partial charge in [0.05, 0.1) is 5.56 Å². The van der Waals surface area contributed by atoms with Crippen LogP contribution in [0.3, 0.4) is 0 Å². The molecule has 0 aliphatic carbocycles. The lowest BCUT2D eigenvalue weighted by atomic mass is 10.1. The first-order chi connectivity index (χ1) is 14.3. The molecular formula is C21H22BrN3O4S. The number of nitrogens with zero attached hydrogens (tertiary/aromatic N) is 3. The SMILES string of the molecule is CC(CN1CCN(C2=NS(=O)(=O)c3ccccc32)CC1)OC(=O)c1ccc(Br)cc1. The van der Waals surface area contributed by atoms with Crippen LogP contribution in [0, 0.1) is 0 Å². The van der Waals surface area contributed by atoms with E-state index < -0.39 is 10.0 Å². The maximum atomic E-state index is 12.3. The van der Waals surface area contributed by atoms with Crippen LogP contribution in [-0.4, -0.2) is 68.9 Å². The van der Waals surface area contributed by atoms with Gasteiger partial charge in [0.2, 0.25) is 0 Å². The molecule has 1 atom stereocenters. The van der Waals surface area contributed by atoms with E-state index in [1.54, 1.807) is 30.3 Å². The van der Waals surface area contributed by atoms with Gasteiger partial charge in [-0.05, 0) is 43.3 Å². The Kier molecular flexibility index (Phi) is 5.95. The number of hydrogen-bond donors (Lipinski definition) is 0. The van der Waals surface area contributed by atoms with Crippen LogP contribution in [0.2, 0.25) is 0 Å². The van der Waals surface area contributed by atoms with Gasteiger partial charge in [0.15, 0.2) is 5.84 Å². The van der Waals surface area contributed by atoms with Gasteiger partial charge in [-0.25, -0.2) is 4.79 Å². The summed E-state index contributed by atoms with van der Waals surface area (Å²) in [6.45, 7) is 5.30. The smallest absolute Gasteiger partial charge is 0.338 e.